The van der Waals surface area contributed by atoms with E-state index in [4.69, 9.17) is 16.3 Å². The van der Waals surface area contributed by atoms with Gasteiger partial charge in [-0.25, -0.2) is 0 Å². The maximum atomic E-state index is 12.7. The summed E-state index contributed by atoms with van der Waals surface area (Å²) in [4.78, 5) is 14.5. The first kappa shape index (κ1) is 14.9. The van der Waals surface area contributed by atoms with Crippen LogP contribution in [0.15, 0.2) is 30.3 Å². The van der Waals surface area contributed by atoms with Crippen LogP contribution in [0.4, 0.5) is 0 Å². The van der Waals surface area contributed by atoms with Gasteiger partial charge in [-0.2, -0.15) is 0 Å². The first-order valence-electron chi connectivity index (χ1n) is 7.22. The van der Waals surface area contributed by atoms with Crippen molar-refractivity contribution in [1.29, 1.82) is 0 Å². The molecule has 1 aliphatic rings. The quantitative estimate of drug-likeness (QED) is 0.852. The van der Waals surface area contributed by atoms with E-state index in [2.05, 4.69) is 0 Å². The smallest absolute Gasteiger partial charge is 0.255 e. The Kier molecular flexibility index (Phi) is 3.83. The fourth-order valence-electron chi connectivity index (χ4n) is 2.99. The van der Waals surface area contributed by atoms with Crippen molar-refractivity contribution in [2.24, 2.45) is 0 Å². The van der Waals surface area contributed by atoms with Gasteiger partial charge in [0.05, 0.1) is 7.11 Å². The predicted octanol–water partition coefficient (Wildman–Crippen LogP) is 4.12. The summed E-state index contributed by atoms with van der Waals surface area (Å²) in [5.74, 6) is 0.875. The van der Waals surface area contributed by atoms with E-state index >= 15 is 0 Å². The minimum atomic E-state index is 0.0604. The van der Waals surface area contributed by atoms with Gasteiger partial charge in [-0.1, -0.05) is 29.8 Å². The number of carbonyl (C=O) groups is 1. The molecule has 0 radical (unpaired) electrons. The first-order valence-corrected chi connectivity index (χ1v) is 7.60. The number of ether oxygens (including phenoxy) is 1. The van der Waals surface area contributed by atoms with Gasteiger partial charge in [-0.3, -0.25) is 4.79 Å². The number of nitrogens with zero attached hydrogens (tertiary/aromatic N) is 1. The number of benzene rings is 2. The van der Waals surface area contributed by atoms with Crippen molar-refractivity contribution in [1.82, 2.24) is 4.90 Å². The number of amides is 1. The minimum Gasteiger partial charge on any atom is -0.497 e. The van der Waals surface area contributed by atoms with E-state index in [1.54, 1.807) is 7.11 Å². The lowest BCUT2D eigenvalue weighted by atomic mass is 10.0. The molecule has 22 heavy (non-hydrogen) atoms. The van der Waals surface area contributed by atoms with Crippen LogP contribution in [0.3, 0.4) is 0 Å². The molecule has 3 rings (SSSR count). The number of rotatable bonds is 3. The Bertz CT molecular complexity index is 738. The molecule has 0 saturated carbocycles. The number of hydrogen-bond donors (Lipinski definition) is 0. The highest BCUT2D eigenvalue weighted by atomic mass is 35.5. The van der Waals surface area contributed by atoms with Gasteiger partial charge < -0.3 is 9.64 Å². The normalized spacial score (nSPS) is 13.5. The lowest BCUT2D eigenvalue weighted by Crippen LogP contribution is -2.23. The number of carbonyl (C=O) groups excluding carboxylic acids is 1. The van der Waals surface area contributed by atoms with Gasteiger partial charge in [0.25, 0.3) is 5.91 Å². The molecular formula is C18H18ClNO2. The Hall–Kier alpha value is -2.00. The van der Waals surface area contributed by atoms with Crippen molar-refractivity contribution in [3.63, 3.8) is 0 Å². The average molecular weight is 316 g/mol. The summed E-state index contributed by atoms with van der Waals surface area (Å²) in [6, 6.07) is 9.76. The van der Waals surface area contributed by atoms with E-state index in [-0.39, 0.29) is 5.91 Å². The summed E-state index contributed by atoms with van der Waals surface area (Å²) < 4.78 is 5.16. The summed E-state index contributed by atoms with van der Waals surface area (Å²) in [5.41, 5.74) is 4.82. The van der Waals surface area contributed by atoms with E-state index in [9.17, 15) is 4.79 Å². The molecular weight excluding hydrogens is 298 g/mol. The molecule has 2 aromatic carbocycles. The molecule has 0 aliphatic carbocycles. The Morgan fingerprint density at radius 1 is 1.18 bits per heavy atom. The van der Waals surface area contributed by atoms with E-state index in [0.29, 0.717) is 18.1 Å². The van der Waals surface area contributed by atoms with E-state index in [0.717, 1.165) is 33.6 Å². The van der Waals surface area contributed by atoms with Crippen molar-refractivity contribution in [3.8, 4) is 5.75 Å². The monoisotopic (exact) mass is 315 g/mol. The Balaban J connectivity index is 1.87. The molecule has 0 fully saturated rings. The SMILES string of the molecule is COc1ccc(CN2Cc3c(Cl)c(C)cc(C)c3C2=O)cc1. The molecule has 1 heterocycles. The van der Waals surface area contributed by atoms with Crippen LogP contribution in [0.1, 0.15) is 32.6 Å². The maximum Gasteiger partial charge on any atom is 0.255 e. The maximum absolute atomic E-state index is 12.7. The number of fused-ring (bicyclic) bond motifs is 1. The highest BCUT2D eigenvalue weighted by Gasteiger charge is 2.31. The number of aryl methyl sites for hydroxylation is 2. The van der Waals surface area contributed by atoms with Gasteiger partial charge in [0.15, 0.2) is 0 Å². The second kappa shape index (κ2) is 5.65. The highest BCUT2D eigenvalue weighted by molar-refractivity contribution is 6.33. The number of hydrogen-bond acceptors (Lipinski definition) is 2. The van der Waals surface area contributed by atoms with Crippen LogP contribution in [0, 0.1) is 13.8 Å². The third-order valence-corrected chi connectivity index (χ3v) is 4.65. The molecule has 3 nitrogen and oxygen atoms in total. The fraction of sp³-hybridized carbons (Fsp3) is 0.278. The summed E-state index contributed by atoms with van der Waals surface area (Å²) in [5, 5.41) is 0.714. The number of methoxy groups -OCH3 is 1. The average Bonchev–Trinajstić information content (AvgIpc) is 2.83. The van der Waals surface area contributed by atoms with Crippen LogP contribution in [-0.4, -0.2) is 17.9 Å². The second-order valence-electron chi connectivity index (χ2n) is 5.69. The van der Waals surface area contributed by atoms with Gasteiger partial charge in [-0.15, -0.1) is 0 Å². The molecule has 0 bridgehead atoms. The molecule has 0 atom stereocenters. The third-order valence-electron chi connectivity index (χ3n) is 4.12. The Morgan fingerprint density at radius 2 is 1.86 bits per heavy atom. The molecule has 0 aromatic heterocycles. The molecule has 1 amide bonds. The van der Waals surface area contributed by atoms with Crippen LogP contribution in [0.25, 0.3) is 0 Å². The lowest BCUT2D eigenvalue weighted by molar-refractivity contribution is 0.0766. The van der Waals surface area contributed by atoms with Crippen LogP contribution < -0.4 is 4.74 Å². The van der Waals surface area contributed by atoms with Gasteiger partial charge in [0.1, 0.15) is 5.75 Å². The first-order chi connectivity index (χ1) is 10.5. The standard InChI is InChI=1S/C18H18ClNO2/c1-11-8-12(2)17(19)15-10-20(18(21)16(11)15)9-13-4-6-14(22-3)7-5-13/h4-8H,9-10H2,1-3H3. The zero-order valence-electron chi connectivity index (χ0n) is 12.9. The van der Waals surface area contributed by atoms with E-state index in [1.165, 1.54) is 0 Å². The van der Waals surface area contributed by atoms with Gasteiger partial charge in [0, 0.05) is 29.2 Å². The van der Waals surface area contributed by atoms with Gasteiger partial charge in [-0.05, 0) is 42.7 Å². The van der Waals surface area contributed by atoms with Crippen molar-refractivity contribution in [3.05, 3.63) is 63.2 Å². The summed E-state index contributed by atoms with van der Waals surface area (Å²) in [7, 11) is 1.64. The zero-order valence-corrected chi connectivity index (χ0v) is 13.7. The van der Waals surface area contributed by atoms with Crippen molar-refractivity contribution in [2.45, 2.75) is 26.9 Å². The number of halogens is 1. The summed E-state index contributed by atoms with van der Waals surface area (Å²) in [6.45, 7) is 5.09. The van der Waals surface area contributed by atoms with Gasteiger partial charge in [0.2, 0.25) is 0 Å². The summed E-state index contributed by atoms with van der Waals surface area (Å²) in [6.07, 6.45) is 0. The van der Waals surface area contributed by atoms with Crippen molar-refractivity contribution < 1.29 is 9.53 Å². The third kappa shape index (κ3) is 2.46. The Labute approximate surface area is 135 Å². The lowest BCUT2D eigenvalue weighted by Gasteiger charge is -2.16. The van der Waals surface area contributed by atoms with Crippen LogP contribution in [0.2, 0.25) is 5.02 Å². The van der Waals surface area contributed by atoms with Crippen LogP contribution >= 0.6 is 11.6 Å². The molecule has 4 heteroatoms. The minimum absolute atomic E-state index is 0.0604. The predicted molar refractivity (Wildman–Crippen MR) is 87.5 cm³/mol. The molecule has 1 aliphatic heterocycles. The van der Waals surface area contributed by atoms with Crippen LogP contribution in [-0.2, 0) is 13.1 Å². The molecule has 0 spiro atoms. The molecule has 114 valence electrons. The molecule has 0 saturated heterocycles. The van der Waals surface area contributed by atoms with Crippen molar-refractivity contribution in [2.75, 3.05) is 7.11 Å². The highest BCUT2D eigenvalue weighted by Crippen LogP contribution is 2.34. The van der Waals surface area contributed by atoms with Crippen molar-refractivity contribution >= 4 is 17.5 Å². The molecule has 0 N–H and O–H groups in total. The van der Waals surface area contributed by atoms with E-state index < -0.39 is 0 Å². The largest absolute Gasteiger partial charge is 0.497 e. The summed E-state index contributed by atoms with van der Waals surface area (Å²) >= 11 is 6.39. The fourth-order valence-corrected chi connectivity index (χ4v) is 3.20. The zero-order chi connectivity index (χ0) is 15.9. The molecule has 2 aromatic rings. The Morgan fingerprint density at radius 3 is 2.50 bits per heavy atom. The van der Waals surface area contributed by atoms with Gasteiger partial charge >= 0.3 is 0 Å². The second-order valence-corrected chi connectivity index (χ2v) is 6.07. The molecule has 0 unspecified atom stereocenters. The van der Waals surface area contributed by atoms with E-state index in [1.807, 2.05) is 49.1 Å². The topological polar surface area (TPSA) is 29.5 Å². The van der Waals surface area contributed by atoms with Crippen LogP contribution in [0.5, 0.6) is 5.75 Å².